The van der Waals surface area contributed by atoms with E-state index in [-0.39, 0.29) is 27.3 Å². The van der Waals surface area contributed by atoms with Crippen LogP contribution in [0.25, 0.3) is 5.82 Å². The fourth-order valence-corrected chi connectivity index (χ4v) is 0.824. The van der Waals surface area contributed by atoms with Gasteiger partial charge >= 0.3 is 0 Å². The van der Waals surface area contributed by atoms with Gasteiger partial charge in [0.1, 0.15) is 6.33 Å². The first-order chi connectivity index (χ1) is 5.47. The van der Waals surface area contributed by atoms with Crippen molar-refractivity contribution in [2.75, 3.05) is 0 Å². The molecule has 4 nitrogen and oxygen atoms in total. The topological polar surface area (TPSA) is 43.6 Å². The Balaban J connectivity index is 0.000000720. The molecule has 0 bridgehead atoms. The van der Waals surface area contributed by atoms with E-state index in [1.807, 2.05) is 12.3 Å². The molecule has 2 rings (SSSR count). The van der Waals surface area contributed by atoms with Crippen LogP contribution in [0.2, 0.25) is 0 Å². The van der Waals surface area contributed by atoms with Crippen molar-refractivity contribution in [3.63, 3.8) is 0 Å². The molecule has 12 heavy (non-hydrogen) atoms. The molecule has 0 spiro atoms. The fourth-order valence-electron chi connectivity index (χ4n) is 0.824. The number of nitrogens with zero attached hydrogens (tertiary/aromatic N) is 4. The Labute approximate surface area is 89.8 Å². The molecule has 0 atom stereocenters. The van der Waals surface area contributed by atoms with Crippen molar-refractivity contribution in [2.24, 2.45) is 0 Å². The number of hydrogen-bond acceptors (Lipinski definition) is 3. The van der Waals surface area contributed by atoms with Crippen LogP contribution < -0.4 is 0 Å². The van der Waals surface area contributed by atoms with Crippen molar-refractivity contribution >= 4 is 27.3 Å². The summed E-state index contributed by atoms with van der Waals surface area (Å²) in [6, 6.07) is 3.65. The van der Waals surface area contributed by atoms with E-state index in [0.717, 1.165) is 5.82 Å². The van der Waals surface area contributed by atoms with Gasteiger partial charge < -0.3 is 0 Å². The fraction of sp³-hybridized carbons (Fsp3) is 0. The zero-order chi connectivity index (χ0) is 7.52. The first-order valence-corrected chi connectivity index (χ1v) is 3.23. The molecule has 0 aliphatic carbocycles. The molecule has 0 N–H and O–H groups in total. The third-order valence-electron chi connectivity index (χ3n) is 1.31. The van der Waals surface area contributed by atoms with Crippen LogP contribution >= 0.6 is 0 Å². The molecule has 4 radical (unpaired) electrons. The molecule has 0 aromatic carbocycles. The molecule has 0 aliphatic rings. The summed E-state index contributed by atoms with van der Waals surface area (Å²) in [5.74, 6) is 0.782. The monoisotopic (exact) mass is 354 g/mol. The molecule has 0 saturated carbocycles. The van der Waals surface area contributed by atoms with Crippen molar-refractivity contribution in [2.45, 2.75) is 0 Å². The van der Waals surface area contributed by atoms with E-state index < -0.39 is 0 Å². The Morgan fingerprint density at radius 1 is 1.25 bits per heavy atom. The zero-order valence-electron chi connectivity index (χ0n) is 6.25. The molecule has 2 aromatic heterocycles. The van der Waals surface area contributed by atoms with Crippen LogP contribution in [0.4, 0.5) is 0 Å². The Morgan fingerprint density at radius 2 is 2.17 bits per heavy atom. The number of aromatic nitrogens is 4. The maximum atomic E-state index is 4.01. The molecule has 2 aromatic rings. The maximum absolute atomic E-state index is 4.01. The van der Waals surface area contributed by atoms with Gasteiger partial charge in [-0.1, -0.05) is 0 Å². The second-order valence-corrected chi connectivity index (χ2v) is 2.02. The van der Waals surface area contributed by atoms with Crippen molar-refractivity contribution in [1.29, 1.82) is 0 Å². The minimum absolute atomic E-state index is 0. The van der Waals surface area contributed by atoms with Gasteiger partial charge in [-0.15, -0.1) is 0 Å². The number of rotatable bonds is 1. The van der Waals surface area contributed by atoms with Crippen LogP contribution in [0.15, 0.2) is 37.1 Å². The molecular weight excluding hydrogens is 347 g/mol. The molecule has 5 heteroatoms. The van der Waals surface area contributed by atoms with Crippen LogP contribution in [0.5, 0.6) is 0 Å². The molecular formula is C7H6N4Pb. The van der Waals surface area contributed by atoms with E-state index in [4.69, 9.17) is 0 Å². The van der Waals surface area contributed by atoms with Gasteiger partial charge in [-0.3, -0.25) is 0 Å². The van der Waals surface area contributed by atoms with E-state index in [2.05, 4.69) is 15.1 Å². The van der Waals surface area contributed by atoms with Gasteiger partial charge in [0.2, 0.25) is 0 Å². The van der Waals surface area contributed by atoms with Gasteiger partial charge in [0.05, 0.1) is 0 Å². The van der Waals surface area contributed by atoms with Crippen LogP contribution in [-0.2, 0) is 0 Å². The van der Waals surface area contributed by atoms with E-state index in [9.17, 15) is 0 Å². The quantitative estimate of drug-likeness (QED) is 0.692. The SMILES string of the molecule is [Pb].c1cnn(-c2ccncn2)c1. The first kappa shape index (κ1) is 9.30. The number of hydrogen-bond donors (Lipinski definition) is 0. The van der Waals surface area contributed by atoms with Crippen LogP contribution in [0.3, 0.4) is 0 Å². The molecule has 0 fully saturated rings. The van der Waals surface area contributed by atoms with Gasteiger partial charge in [0.15, 0.2) is 5.82 Å². The van der Waals surface area contributed by atoms with Gasteiger partial charge in [-0.25, -0.2) is 14.6 Å². The van der Waals surface area contributed by atoms with Gasteiger partial charge in [0, 0.05) is 52.0 Å². The maximum Gasteiger partial charge on any atom is 0.156 e. The predicted octanol–water partition coefficient (Wildman–Crippen LogP) is 0.281. The smallest absolute Gasteiger partial charge is 0.156 e. The van der Waals surface area contributed by atoms with E-state index in [1.54, 1.807) is 23.1 Å². The summed E-state index contributed by atoms with van der Waals surface area (Å²) in [7, 11) is 0. The van der Waals surface area contributed by atoms with Crippen molar-refractivity contribution in [1.82, 2.24) is 19.7 Å². The summed E-state index contributed by atoms with van der Waals surface area (Å²) in [4.78, 5) is 7.81. The minimum atomic E-state index is 0. The molecule has 0 unspecified atom stereocenters. The summed E-state index contributed by atoms with van der Waals surface area (Å²) in [5.41, 5.74) is 0. The third kappa shape index (κ3) is 1.87. The summed E-state index contributed by atoms with van der Waals surface area (Å²) in [6.07, 6.45) is 6.73. The molecule has 58 valence electrons. The van der Waals surface area contributed by atoms with Gasteiger partial charge in [0.25, 0.3) is 0 Å². The third-order valence-corrected chi connectivity index (χ3v) is 1.31. The zero-order valence-corrected chi connectivity index (χ0v) is 10.1. The molecule has 2 heterocycles. The second kappa shape index (κ2) is 4.29. The second-order valence-electron chi connectivity index (χ2n) is 2.02. The Bertz CT molecular complexity index is 318. The predicted molar refractivity (Wildman–Crippen MR) is 44.9 cm³/mol. The Kier molecular flexibility index (Phi) is 3.33. The first-order valence-electron chi connectivity index (χ1n) is 3.23. The largest absolute Gasteiger partial charge is 0.245 e. The van der Waals surface area contributed by atoms with Gasteiger partial charge in [-0.2, -0.15) is 5.10 Å². The average Bonchev–Trinajstić information content (AvgIpc) is 2.58. The van der Waals surface area contributed by atoms with Crippen LogP contribution in [0.1, 0.15) is 0 Å². The standard InChI is InChI=1S/C7H6N4.Pb/c1-3-10-11(5-1)7-2-4-8-6-9-7;/h1-6H;. The Morgan fingerprint density at radius 3 is 2.75 bits per heavy atom. The molecule has 0 saturated heterocycles. The summed E-state index contributed by atoms with van der Waals surface area (Å²) in [5, 5.41) is 4.01. The molecule has 0 amide bonds. The van der Waals surface area contributed by atoms with Gasteiger partial charge in [-0.05, 0) is 6.07 Å². The summed E-state index contributed by atoms with van der Waals surface area (Å²) in [6.45, 7) is 0. The van der Waals surface area contributed by atoms with E-state index in [1.165, 1.54) is 6.33 Å². The van der Waals surface area contributed by atoms with Crippen LogP contribution in [0, 0.1) is 0 Å². The Hall–Kier alpha value is -0.788. The van der Waals surface area contributed by atoms with Crippen molar-refractivity contribution in [3.8, 4) is 5.82 Å². The van der Waals surface area contributed by atoms with Crippen LogP contribution in [-0.4, -0.2) is 47.0 Å². The summed E-state index contributed by atoms with van der Waals surface area (Å²) < 4.78 is 1.68. The average molecular weight is 353 g/mol. The van der Waals surface area contributed by atoms with E-state index >= 15 is 0 Å². The minimum Gasteiger partial charge on any atom is -0.245 e. The normalized spacial score (nSPS) is 9.00. The summed E-state index contributed by atoms with van der Waals surface area (Å²) >= 11 is 0. The molecule has 0 aliphatic heterocycles. The van der Waals surface area contributed by atoms with Crippen molar-refractivity contribution < 1.29 is 0 Å². The van der Waals surface area contributed by atoms with E-state index in [0.29, 0.717) is 0 Å². The van der Waals surface area contributed by atoms with Crippen molar-refractivity contribution in [3.05, 3.63) is 37.1 Å².